The summed E-state index contributed by atoms with van der Waals surface area (Å²) in [6.07, 6.45) is 11.0. The van der Waals surface area contributed by atoms with Crippen LogP contribution in [-0.4, -0.2) is 25.2 Å². The molecule has 0 atom stereocenters. The van der Waals surface area contributed by atoms with Gasteiger partial charge in [-0.2, -0.15) is 0 Å². The van der Waals surface area contributed by atoms with Gasteiger partial charge in [0, 0.05) is 6.61 Å². The summed E-state index contributed by atoms with van der Waals surface area (Å²) in [6, 6.07) is 0. The highest BCUT2D eigenvalue weighted by molar-refractivity contribution is 4.45. The molecule has 0 rings (SSSR count). The van der Waals surface area contributed by atoms with Crippen molar-refractivity contribution in [2.75, 3.05) is 19.8 Å². The van der Waals surface area contributed by atoms with Crippen molar-refractivity contribution in [1.29, 1.82) is 0 Å². The molecule has 0 aromatic rings. The molecule has 3 heteroatoms. The van der Waals surface area contributed by atoms with Crippen molar-refractivity contribution >= 4 is 0 Å². The second-order valence-electron chi connectivity index (χ2n) is 3.94. The normalized spacial score (nSPS) is 10.0. The minimum atomic E-state index is 0. The van der Waals surface area contributed by atoms with E-state index < -0.39 is 0 Å². The van der Waals surface area contributed by atoms with Crippen molar-refractivity contribution in [2.24, 2.45) is 0 Å². The predicted molar refractivity (Wildman–Crippen MR) is 63.1 cm³/mol. The second-order valence-corrected chi connectivity index (χ2v) is 3.94. The Morgan fingerprint density at radius 2 is 1.33 bits per heavy atom. The van der Waals surface area contributed by atoms with Gasteiger partial charge in [-0.25, -0.2) is 0 Å². The second kappa shape index (κ2) is 16.3. The fourth-order valence-electron chi connectivity index (χ4n) is 1.54. The Morgan fingerprint density at radius 1 is 0.800 bits per heavy atom. The van der Waals surface area contributed by atoms with Gasteiger partial charge < -0.3 is 15.9 Å². The lowest BCUT2D eigenvalue weighted by atomic mass is 10.1. The quantitative estimate of drug-likeness (QED) is 0.541. The van der Waals surface area contributed by atoms with Gasteiger partial charge in [0.15, 0.2) is 0 Å². The number of quaternary nitrogens is 1. The van der Waals surface area contributed by atoms with Crippen LogP contribution < -0.4 is 5.73 Å². The Kier molecular flexibility index (Phi) is 18.8. The third kappa shape index (κ3) is 16.5. The molecule has 0 aliphatic carbocycles. The standard InChI is InChI=1S/C12H27NO.H2O/c1-2-3-4-5-6-7-8-9-11-14-12-10-13;/h2-13H2,1H3;1H2. The molecule has 0 heterocycles. The minimum absolute atomic E-state index is 0. The highest BCUT2D eigenvalue weighted by Crippen LogP contribution is 2.08. The topological polar surface area (TPSA) is 66.9 Å². The van der Waals surface area contributed by atoms with Gasteiger partial charge in [0.25, 0.3) is 0 Å². The molecule has 0 aliphatic heterocycles. The molecule has 0 amide bonds. The molecule has 0 radical (unpaired) electrons. The van der Waals surface area contributed by atoms with Crippen molar-refractivity contribution in [3.8, 4) is 0 Å². The average molecular weight is 219 g/mol. The maximum atomic E-state index is 5.37. The molecule has 94 valence electrons. The van der Waals surface area contributed by atoms with E-state index in [1.807, 2.05) is 0 Å². The number of rotatable bonds is 11. The number of unbranched alkanes of at least 4 members (excludes halogenated alkanes) is 7. The number of ether oxygens (including phenoxy) is 1. The molecule has 0 aromatic carbocycles. The molecule has 3 nitrogen and oxygen atoms in total. The maximum Gasteiger partial charge on any atom is 0.0977 e. The van der Waals surface area contributed by atoms with Crippen molar-refractivity contribution < 1.29 is 15.9 Å². The summed E-state index contributed by atoms with van der Waals surface area (Å²) < 4.78 is 5.37. The number of hydrogen-bond donors (Lipinski definition) is 1. The van der Waals surface area contributed by atoms with Crippen LogP contribution >= 0.6 is 0 Å². The third-order valence-corrected chi connectivity index (χ3v) is 2.43. The first-order valence-electron chi connectivity index (χ1n) is 6.28. The molecule has 0 bridgehead atoms. The summed E-state index contributed by atoms with van der Waals surface area (Å²) in [7, 11) is 0. The third-order valence-electron chi connectivity index (χ3n) is 2.43. The summed E-state index contributed by atoms with van der Waals surface area (Å²) >= 11 is 0. The van der Waals surface area contributed by atoms with Crippen LogP contribution in [0.25, 0.3) is 0 Å². The smallest absolute Gasteiger partial charge is 0.0977 e. The van der Waals surface area contributed by atoms with Crippen LogP contribution in [0, 0.1) is 0 Å². The van der Waals surface area contributed by atoms with Crippen molar-refractivity contribution in [2.45, 2.75) is 58.3 Å². The van der Waals surface area contributed by atoms with E-state index in [2.05, 4.69) is 12.7 Å². The summed E-state index contributed by atoms with van der Waals surface area (Å²) in [5, 5.41) is 0. The molecule has 0 fully saturated rings. The number of hydrogen-bond acceptors (Lipinski definition) is 2. The molecule has 0 unspecified atom stereocenters. The van der Waals surface area contributed by atoms with Crippen molar-refractivity contribution in [1.82, 2.24) is 0 Å². The van der Waals surface area contributed by atoms with E-state index in [1.165, 1.54) is 51.4 Å². The van der Waals surface area contributed by atoms with Crippen LogP contribution in [0.5, 0.6) is 0 Å². The summed E-state index contributed by atoms with van der Waals surface area (Å²) in [5.74, 6) is 0. The lowest BCUT2D eigenvalue weighted by Gasteiger charge is -2.02. The van der Waals surface area contributed by atoms with Gasteiger partial charge >= 0.3 is 0 Å². The largest absolute Gasteiger partial charge is 0.870 e. The Hall–Kier alpha value is -0.120. The van der Waals surface area contributed by atoms with Crippen molar-refractivity contribution in [3.63, 3.8) is 0 Å². The summed E-state index contributed by atoms with van der Waals surface area (Å²) in [5.41, 5.74) is 3.74. The van der Waals surface area contributed by atoms with Crippen LogP contribution in [-0.2, 0) is 4.74 Å². The zero-order chi connectivity index (χ0) is 10.5. The Morgan fingerprint density at radius 3 is 1.87 bits per heavy atom. The van der Waals surface area contributed by atoms with Gasteiger partial charge in [-0.3, -0.25) is 0 Å². The van der Waals surface area contributed by atoms with E-state index in [-0.39, 0.29) is 5.48 Å². The van der Waals surface area contributed by atoms with Gasteiger partial charge in [0.1, 0.15) is 0 Å². The van der Waals surface area contributed by atoms with Gasteiger partial charge in [-0.1, -0.05) is 51.9 Å². The molecule has 4 N–H and O–H groups in total. The fourth-order valence-corrected chi connectivity index (χ4v) is 1.54. The average Bonchev–Trinajstić information content (AvgIpc) is 2.21. The van der Waals surface area contributed by atoms with E-state index in [4.69, 9.17) is 4.74 Å². The molecule has 15 heavy (non-hydrogen) atoms. The van der Waals surface area contributed by atoms with Crippen LogP contribution in [0.3, 0.4) is 0 Å². The molecule has 0 saturated heterocycles. The lowest BCUT2D eigenvalue weighted by molar-refractivity contribution is -0.374. The zero-order valence-electron chi connectivity index (χ0n) is 10.3. The Labute approximate surface area is 94.7 Å². The molecular weight excluding hydrogens is 190 g/mol. The monoisotopic (exact) mass is 219 g/mol. The van der Waals surface area contributed by atoms with E-state index in [1.54, 1.807) is 0 Å². The molecule has 0 aliphatic rings. The van der Waals surface area contributed by atoms with Crippen LogP contribution in [0.1, 0.15) is 58.3 Å². The molecule has 0 aromatic heterocycles. The van der Waals surface area contributed by atoms with E-state index >= 15 is 0 Å². The first-order chi connectivity index (χ1) is 6.91. The van der Waals surface area contributed by atoms with Crippen LogP contribution in [0.15, 0.2) is 0 Å². The summed E-state index contributed by atoms with van der Waals surface area (Å²) in [6.45, 7) is 4.93. The van der Waals surface area contributed by atoms with E-state index in [9.17, 15) is 0 Å². The minimum Gasteiger partial charge on any atom is -0.870 e. The van der Waals surface area contributed by atoms with Gasteiger partial charge in [-0.05, 0) is 6.42 Å². The SMILES string of the molecule is CCCCCCCCCCOCC[NH3+].[OH-]. The van der Waals surface area contributed by atoms with Crippen molar-refractivity contribution in [3.05, 3.63) is 0 Å². The van der Waals surface area contributed by atoms with Crippen LogP contribution in [0.4, 0.5) is 0 Å². The first kappa shape index (κ1) is 17.3. The Bertz CT molecular complexity index is 87.6. The zero-order valence-corrected chi connectivity index (χ0v) is 10.3. The van der Waals surface area contributed by atoms with E-state index in [0.29, 0.717) is 0 Å². The van der Waals surface area contributed by atoms with Gasteiger partial charge in [-0.15, -0.1) is 0 Å². The highest BCUT2D eigenvalue weighted by Gasteiger charge is 1.91. The lowest BCUT2D eigenvalue weighted by Crippen LogP contribution is -2.52. The fraction of sp³-hybridized carbons (Fsp3) is 1.00. The highest BCUT2D eigenvalue weighted by atomic mass is 16.5. The molecule has 0 saturated carbocycles. The maximum absolute atomic E-state index is 5.37. The van der Waals surface area contributed by atoms with Gasteiger partial charge in [0.2, 0.25) is 0 Å². The Balaban J connectivity index is 0. The van der Waals surface area contributed by atoms with Crippen LogP contribution in [0.2, 0.25) is 0 Å². The van der Waals surface area contributed by atoms with Gasteiger partial charge in [0.05, 0.1) is 13.2 Å². The summed E-state index contributed by atoms with van der Waals surface area (Å²) in [4.78, 5) is 0. The first-order valence-corrected chi connectivity index (χ1v) is 6.28. The molecular formula is C12H29NO2. The predicted octanol–water partition coefficient (Wildman–Crippen LogP) is 2.21. The van der Waals surface area contributed by atoms with E-state index in [0.717, 1.165) is 19.8 Å². The molecule has 0 spiro atoms.